The number of fused-ring (bicyclic) bond motifs is 1. The number of urea groups is 1. The minimum atomic E-state index is -0.509. The van der Waals surface area contributed by atoms with E-state index >= 15 is 0 Å². The van der Waals surface area contributed by atoms with Crippen LogP contribution in [0.1, 0.15) is 46.0 Å². The molecule has 2 amide bonds. The topological polar surface area (TPSA) is 94.9 Å². The molecule has 0 aliphatic carbocycles. The molecule has 0 spiro atoms. The largest absolute Gasteiger partial charge is 0.497 e. The zero-order valence-corrected chi connectivity index (χ0v) is 24.5. The Bertz CT molecular complexity index is 1550. The summed E-state index contributed by atoms with van der Waals surface area (Å²) in [6.45, 7) is 8.99. The van der Waals surface area contributed by atoms with Gasteiger partial charge in [-0.2, -0.15) is 0 Å². The maximum Gasteiger partial charge on any atom is 0.322 e. The van der Waals surface area contributed by atoms with Gasteiger partial charge in [-0.15, -0.1) is 0 Å². The van der Waals surface area contributed by atoms with Crippen LogP contribution in [0, 0.1) is 5.92 Å². The third kappa shape index (κ3) is 6.45. The van der Waals surface area contributed by atoms with Crippen molar-refractivity contribution in [1.29, 1.82) is 0 Å². The standard InChI is InChI=1S/C32H38N4O5/c1-7-28(35(20-21(3)4)32(38)34-27-18-17-24(39-5)19-29(27)40-6)30-33-26-12-10-9-11-25(26)31(37)36(30)22-13-15-23(16-14-22)41-8-2/h9-19,21,28H,7-8,20H2,1-6H3,(H,34,38). The highest BCUT2D eigenvalue weighted by Gasteiger charge is 2.30. The van der Waals surface area contributed by atoms with E-state index in [4.69, 9.17) is 19.2 Å². The maximum absolute atomic E-state index is 14.0. The van der Waals surface area contributed by atoms with E-state index in [1.807, 2.05) is 70.2 Å². The first-order valence-corrected chi connectivity index (χ1v) is 13.9. The van der Waals surface area contributed by atoms with E-state index < -0.39 is 6.04 Å². The second kappa shape index (κ2) is 13.2. The van der Waals surface area contributed by atoms with Gasteiger partial charge in [-0.1, -0.05) is 32.9 Å². The number of benzene rings is 3. The molecule has 4 rings (SSSR count). The molecule has 0 aliphatic heterocycles. The van der Waals surface area contributed by atoms with Crippen molar-refractivity contribution in [3.8, 4) is 22.9 Å². The first-order valence-electron chi connectivity index (χ1n) is 13.9. The monoisotopic (exact) mass is 558 g/mol. The predicted octanol–water partition coefficient (Wildman–Crippen LogP) is 6.44. The van der Waals surface area contributed by atoms with Crippen LogP contribution in [0.2, 0.25) is 0 Å². The van der Waals surface area contributed by atoms with Crippen molar-refractivity contribution in [1.82, 2.24) is 14.5 Å². The van der Waals surface area contributed by atoms with Gasteiger partial charge in [0.25, 0.3) is 5.56 Å². The van der Waals surface area contributed by atoms with Crippen LogP contribution in [-0.2, 0) is 0 Å². The molecule has 0 saturated carbocycles. The van der Waals surface area contributed by atoms with E-state index in [0.717, 1.165) is 0 Å². The number of nitrogens with zero attached hydrogens (tertiary/aromatic N) is 3. The molecule has 0 aliphatic rings. The van der Waals surface area contributed by atoms with E-state index in [2.05, 4.69) is 5.32 Å². The fraction of sp³-hybridized carbons (Fsp3) is 0.344. The summed E-state index contributed by atoms with van der Waals surface area (Å²) in [5.74, 6) is 2.44. The summed E-state index contributed by atoms with van der Waals surface area (Å²) in [6.07, 6.45) is 0.529. The number of anilines is 1. The Hall–Kier alpha value is -4.53. The van der Waals surface area contributed by atoms with Crippen molar-refractivity contribution in [2.24, 2.45) is 5.92 Å². The van der Waals surface area contributed by atoms with Crippen LogP contribution >= 0.6 is 0 Å². The molecule has 1 atom stereocenters. The minimum Gasteiger partial charge on any atom is -0.497 e. The van der Waals surface area contributed by atoms with Crippen LogP contribution in [0.15, 0.2) is 71.5 Å². The number of para-hydroxylation sites is 1. The molecule has 0 fully saturated rings. The Morgan fingerprint density at radius 3 is 2.32 bits per heavy atom. The van der Waals surface area contributed by atoms with Gasteiger partial charge in [0, 0.05) is 12.6 Å². The minimum absolute atomic E-state index is 0.152. The summed E-state index contributed by atoms with van der Waals surface area (Å²) in [5, 5.41) is 3.51. The quantitative estimate of drug-likeness (QED) is 0.228. The highest BCUT2D eigenvalue weighted by Crippen LogP contribution is 2.32. The van der Waals surface area contributed by atoms with Gasteiger partial charge in [-0.05, 0) is 67.8 Å². The Labute approximate surface area is 240 Å². The van der Waals surface area contributed by atoms with E-state index in [0.29, 0.717) is 64.9 Å². The molecule has 3 aromatic carbocycles. The summed E-state index contributed by atoms with van der Waals surface area (Å²) in [6, 6.07) is 19.0. The second-order valence-corrected chi connectivity index (χ2v) is 10.0. The van der Waals surface area contributed by atoms with Crippen molar-refractivity contribution >= 4 is 22.6 Å². The lowest BCUT2D eigenvalue weighted by atomic mass is 10.1. The Morgan fingerprint density at radius 2 is 1.68 bits per heavy atom. The van der Waals surface area contributed by atoms with Gasteiger partial charge in [0.15, 0.2) is 0 Å². The average Bonchev–Trinajstić information content (AvgIpc) is 2.98. The molecule has 9 nitrogen and oxygen atoms in total. The molecule has 0 bridgehead atoms. The number of hydrogen-bond donors (Lipinski definition) is 1. The molecule has 216 valence electrons. The molecule has 1 unspecified atom stereocenters. The highest BCUT2D eigenvalue weighted by molar-refractivity contribution is 5.91. The number of ether oxygens (including phenoxy) is 3. The average molecular weight is 559 g/mol. The van der Waals surface area contributed by atoms with Gasteiger partial charge in [0.05, 0.1) is 49.1 Å². The molecule has 4 aromatic rings. The molecule has 41 heavy (non-hydrogen) atoms. The number of carbonyl (C=O) groups excluding carboxylic acids is 1. The third-order valence-electron chi connectivity index (χ3n) is 6.74. The molecule has 1 aromatic heterocycles. The number of nitrogens with one attached hydrogen (secondary N) is 1. The Kier molecular flexibility index (Phi) is 9.49. The fourth-order valence-electron chi connectivity index (χ4n) is 4.86. The lowest BCUT2D eigenvalue weighted by Crippen LogP contribution is -2.42. The Balaban J connectivity index is 1.85. The number of amides is 2. The maximum atomic E-state index is 14.0. The van der Waals surface area contributed by atoms with E-state index in [1.165, 1.54) is 0 Å². The zero-order valence-electron chi connectivity index (χ0n) is 24.5. The molecular weight excluding hydrogens is 520 g/mol. The van der Waals surface area contributed by atoms with Crippen LogP contribution in [0.3, 0.4) is 0 Å². The number of carbonyl (C=O) groups is 1. The number of methoxy groups -OCH3 is 2. The van der Waals surface area contributed by atoms with Crippen molar-refractivity contribution in [2.75, 3.05) is 32.7 Å². The molecule has 0 radical (unpaired) electrons. The summed E-state index contributed by atoms with van der Waals surface area (Å²) in [5.41, 5.74) is 1.54. The van der Waals surface area contributed by atoms with E-state index in [9.17, 15) is 9.59 Å². The normalized spacial score (nSPS) is 11.8. The van der Waals surface area contributed by atoms with Gasteiger partial charge in [0.1, 0.15) is 23.1 Å². The third-order valence-corrected chi connectivity index (χ3v) is 6.74. The van der Waals surface area contributed by atoms with Crippen LogP contribution in [0.4, 0.5) is 10.5 Å². The smallest absolute Gasteiger partial charge is 0.322 e. The van der Waals surface area contributed by atoms with Gasteiger partial charge >= 0.3 is 6.03 Å². The molecule has 9 heteroatoms. The molecule has 1 N–H and O–H groups in total. The molecular formula is C32H38N4O5. The number of aromatic nitrogens is 2. The summed E-state index contributed by atoms with van der Waals surface area (Å²) in [4.78, 5) is 34.7. The molecule has 0 saturated heterocycles. The lowest BCUT2D eigenvalue weighted by molar-refractivity contribution is 0.171. The highest BCUT2D eigenvalue weighted by atomic mass is 16.5. The number of rotatable bonds is 11. The first kappa shape index (κ1) is 29.5. The summed E-state index contributed by atoms with van der Waals surface area (Å²) in [7, 11) is 3.11. The van der Waals surface area contributed by atoms with Gasteiger partial charge < -0.3 is 24.4 Å². The van der Waals surface area contributed by atoms with Crippen LogP contribution < -0.4 is 25.1 Å². The van der Waals surface area contributed by atoms with Gasteiger partial charge in [-0.3, -0.25) is 9.36 Å². The predicted molar refractivity (Wildman–Crippen MR) is 162 cm³/mol. The summed E-state index contributed by atoms with van der Waals surface area (Å²) >= 11 is 0. The summed E-state index contributed by atoms with van der Waals surface area (Å²) < 4.78 is 18.0. The van der Waals surface area contributed by atoms with Crippen LogP contribution in [0.25, 0.3) is 16.6 Å². The SMILES string of the molecule is CCOc1ccc(-n2c(C(CC)N(CC(C)C)C(=O)Nc3ccc(OC)cc3OC)nc3ccccc3c2=O)cc1. The van der Waals surface area contributed by atoms with Gasteiger partial charge in [-0.25, -0.2) is 9.78 Å². The van der Waals surface area contributed by atoms with Gasteiger partial charge in [0.2, 0.25) is 0 Å². The van der Waals surface area contributed by atoms with Crippen molar-refractivity contribution in [2.45, 2.75) is 40.2 Å². The van der Waals surface area contributed by atoms with Crippen molar-refractivity contribution < 1.29 is 19.0 Å². The van der Waals surface area contributed by atoms with Crippen molar-refractivity contribution in [3.05, 3.63) is 82.9 Å². The Morgan fingerprint density at radius 1 is 0.976 bits per heavy atom. The first-order chi connectivity index (χ1) is 19.8. The van der Waals surface area contributed by atoms with Crippen molar-refractivity contribution in [3.63, 3.8) is 0 Å². The number of hydrogen-bond acceptors (Lipinski definition) is 6. The lowest BCUT2D eigenvalue weighted by Gasteiger charge is -2.33. The van der Waals surface area contributed by atoms with Crippen LogP contribution in [-0.4, -0.2) is 47.9 Å². The second-order valence-electron chi connectivity index (χ2n) is 10.0. The van der Waals surface area contributed by atoms with E-state index in [-0.39, 0.29) is 17.5 Å². The zero-order chi connectivity index (χ0) is 29.5. The van der Waals surface area contributed by atoms with E-state index in [1.54, 1.807) is 48.0 Å². The fourth-order valence-corrected chi connectivity index (χ4v) is 4.86. The molecule has 1 heterocycles. The van der Waals surface area contributed by atoms with Crippen LogP contribution in [0.5, 0.6) is 17.2 Å².